The van der Waals surface area contributed by atoms with E-state index in [4.69, 9.17) is 5.10 Å². The third-order valence-corrected chi connectivity index (χ3v) is 8.34. The molecule has 1 saturated heterocycles. The van der Waals surface area contributed by atoms with E-state index in [1.165, 1.54) is 18.2 Å². The standard InChI is InChI=1S/C32H21N3O5/c36-28(19-9-2-1-3-10-19)27-26(20-12-8-13-22(17-20)35(39)40)32(30(37)24-15-6-7-16-25(24)31(32)38)29-23-14-5-4-11-21(23)18-33-34(27)29/h1-18,26-27,29H. The molecule has 40 heavy (non-hydrogen) atoms. The zero-order chi connectivity index (χ0) is 27.6. The van der Waals surface area contributed by atoms with Gasteiger partial charge in [-0.2, -0.15) is 5.10 Å². The number of non-ortho nitro benzene ring substituents is 1. The number of carbonyl (C=O) groups is 3. The molecule has 4 aromatic carbocycles. The van der Waals surface area contributed by atoms with Crippen molar-refractivity contribution in [2.75, 3.05) is 0 Å². The molecule has 1 aliphatic carbocycles. The molecule has 0 amide bonds. The minimum absolute atomic E-state index is 0.192. The second kappa shape index (κ2) is 8.64. The fraction of sp³-hybridized carbons (Fsp3) is 0.125. The molecule has 7 rings (SSSR count). The summed E-state index contributed by atoms with van der Waals surface area (Å²) in [5, 5.41) is 18.1. The van der Waals surface area contributed by atoms with Gasteiger partial charge in [0.15, 0.2) is 17.3 Å². The van der Waals surface area contributed by atoms with Crippen LogP contribution in [0.4, 0.5) is 5.69 Å². The molecule has 0 radical (unpaired) electrons. The van der Waals surface area contributed by atoms with E-state index < -0.39 is 39.9 Å². The number of benzene rings is 4. The molecule has 0 aromatic heterocycles. The lowest BCUT2D eigenvalue weighted by Crippen LogP contribution is -2.43. The van der Waals surface area contributed by atoms with Gasteiger partial charge in [0.25, 0.3) is 5.69 Å². The first-order valence-electron chi connectivity index (χ1n) is 12.9. The van der Waals surface area contributed by atoms with Gasteiger partial charge < -0.3 is 0 Å². The molecule has 2 aliphatic heterocycles. The smallest absolute Gasteiger partial charge is 0.269 e. The van der Waals surface area contributed by atoms with Crippen LogP contribution in [0.15, 0.2) is 108 Å². The number of hydrogen-bond acceptors (Lipinski definition) is 7. The lowest BCUT2D eigenvalue weighted by molar-refractivity contribution is -0.384. The Labute approximate surface area is 228 Å². The molecule has 4 aromatic rings. The van der Waals surface area contributed by atoms with E-state index in [-0.39, 0.29) is 22.6 Å². The predicted octanol–water partition coefficient (Wildman–Crippen LogP) is 5.40. The van der Waals surface area contributed by atoms with E-state index in [2.05, 4.69) is 0 Å². The maximum atomic E-state index is 14.7. The Balaban J connectivity index is 1.57. The highest BCUT2D eigenvalue weighted by atomic mass is 16.6. The third kappa shape index (κ3) is 3.07. The molecule has 3 unspecified atom stereocenters. The Morgan fingerprint density at radius 1 is 0.825 bits per heavy atom. The number of hydrogen-bond donors (Lipinski definition) is 0. The summed E-state index contributed by atoms with van der Waals surface area (Å²) in [7, 11) is 0. The number of carbonyl (C=O) groups excluding carboxylic acids is 3. The summed E-state index contributed by atoms with van der Waals surface area (Å²) in [5.74, 6) is -2.20. The zero-order valence-electron chi connectivity index (χ0n) is 21.0. The van der Waals surface area contributed by atoms with Gasteiger partial charge in [-0.1, -0.05) is 91.0 Å². The molecule has 3 aliphatic rings. The Hall–Kier alpha value is -5.24. The van der Waals surface area contributed by atoms with Crippen LogP contribution in [-0.2, 0) is 0 Å². The number of nitro groups is 1. The number of Topliss-reactive ketones (excluding diaryl/α,β-unsaturated/α-hetero) is 3. The van der Waals surface area contributed by atoms with Crippen molar-refractivity contribution in [3.8, 4) is 0 Å². The SMILES string of the molecule is O=C(c1ccccc1)C1C(c2cccc([N+](=O)[O-])c2)C2(C(=O)c3ccccc3C2=O)C2c3ccccc3C=NN12. The fourth-order valence-electron chi connectivity index (χ4n) is 6.75. The summed E-state index contributed by atoms with van der Waals surface area (Å²) in [6, 6.07) is 26.6. The Kier molecular flexibility index (Phi) is 5.15. The van der Waals surface area contributed by atoms with Crippen LogP contribution in [0.2, 0.25) is 0 Å². The van der Waals surface area contributed by atoms with Crippen molar-refractivity contribution >= 4 is 29.3 Å². The first kappa shape index (κ1) is 23.8. The number of nitrogens with zero attached hydrogens (tertiary/aromatic N) is 3. The second-order valence-electron chi connectivity index (χ2n) is 10.2. The van der Waals surface area contributed by atoms with E-state index in [1.807, 2.05) is 24.3 Å². The van der Waals surface area contributed by atoms with E-state index in [0.717, 1.165) is 5.56 Å². The van der Waals surface area contributed by atoms with Gasteiger partial charge in [-0.25, -0.2) is 0 Å². The molecule has 1 fully saturated rings. The van der Waals surface area contributed by atoms with Crippen LogP contribution >= 0.6 is 0 Å². The van der Waals surface area contributed by atoms with Gasteiger partial charge in [0, 0.05) is 34.7 Å². The van der Waals surface area contributed by atoms with Crippen LogP contribution in [0.1, 0.15) is 59.7 Å². The zero-order valence-corrected chi connectivity index (χ0v) is 21.0. The molecule has 0 N–H and O–H groups in total. The van der Waals surface area contributed by atoms with Crippen molar-refractivity contribution in [2.45, 2.75) is 18.0 Å². The van der Waals surface area contributed by atoms with Gasteiger partial charge in [0.1, 0.15) is 11.5 Å². The maximum Gasteiger partial charge on any atom is 0.269 e. The number of rotatable bonds is 4. The van der Waals surface area contributed by atoms with Gasteiger partial charge in [0.2, 0.25) is 0 Å². The van der Waals surface area contributed by atoms with Crippen molar-refractivity contribution in [3.63, 3.8) is 0 Å². The predicted molar refractivity (Wildman–Crippen MR) is 147 cm³/mol. The van der Waals surface area contributed by atoms with Gasteiger partial charge in [0.05, 0.1) is 17.2 Å². The third-order valence-electron chi connectivity index (χ3n) is 8.34. The van der Waals surface area contributed by atoms with Crippen LogP contribution in [0.5, 0.6) is 0 Å². The number of ketones is 3. The summed E-state index contributed by atoms with van der Waals surface area (Å²) in [6.07, 6.45) is 1.64. The molecule has 3 atom stereocenters. The Morgan fingerprint density at radius 2 is 1.48 bits per heavy atom. The van der Waals surface area contributed by atoms with E-state index in [9.17, 15) is 24.5 Å². The highest BCUT2D eigenvalue weighted by Crippen LogP contribution is 2.64. The molecule has 194 valence electrons. The molecule has 0 bridgehead atoms. The first-order valence-corrected chi connectivity index (χ1v) is 12.9. The number of nitro benzene ring substituents is 1. The average Bonchev–Trinajstić information content (AvgIpc) is 3.43. The quantitative estimate of drug-likeness (QED) is 0.152. The Morgan fingerprint density at radius 3 is 2.17 bits per heavy atom. The van der Waals surface area contributed by atoms with Gasteiger partial charge >= 0.3 is 0 Å². The summed E-state index contributed by atoms with van der Waals surface area (Å²) in [6.45, 7) is 0. The summed E-state index contributed by atoms with van der Waals surface area (Å²) >= 11 is 0. The van der Waals surface area contributed by atoms with Gasteiger partial charge in [-0.15, -0.1) is 0 Å². The molecule has 2 heterocycles. The minimum atomic E-state index is -1.78. The van der Waals surface area contributed by atoms with Gasteiger partial charge in [-0.05, 0) is 16.7 Å². The second-order valence-corrected chi connectivity index (χ2v) is 10.2. The molecule has 8 nitrogen and oxygen atoms in total. The largest absolute Gasteiger partial charge is 0.293 e. The summed E-state index contributed by atoms with van der Waals surface area (Å²) < 4.78 is 0. The molecule has 0 saturated carbocycles. The van der Waals surface area contributed by atoms with Crippen LogP contribution in [0, 0.1) is 15.5 Å². The van der Waals surface area contributed by atoms with Crippen molar-refractivity contribution in [1.29, 1.82) is 0 Å². The molecular weight excluding hydrogens is 506 g/mol. The highest BCUT2D eigenvalue weighted by Gasteiger charge is 2.72. The first-order chi connectivity index (χ1) is 19.4. The van der Waals surface area contributed by atoms with Crippen LogP contribution in [-0.4, -0.2) is 39.5 Å². The summed E-state index contributed by atoms with van der Waals surface area (Å²) in [5.41, 5.74) is 0.787. The van der Waals surface area contributed by atoms with Crippen LogP contribution in [0.3, 0.4) is 0 Å². The topological polar surface area (TPSA) is 110 Å². The fourth-order valence-corrected chi connectivity index (χ4v) is 6.75. The van der Waals surface area contributed by atoms with E-state index in [1.54, 1.807) is 71.9 Å². The van der Waals surface area contributed by atoms with Crippen LogP contribution in [0.25, 0.3) is 0 Å². The lowest BCUT2D eigenvalue weighted by atomic mass is 9.63. The Bertz CT molecular complexity index is 1750. The van der Waals surface area contributed by atoms with Crippen LogP contribution < -0.4 is 0 Å². The number of hydrazone groups is 1. The van der Waals surface area contributed by atoms with Crippen molar-refractivity contribution in [1.82, 2.24) is 5.01 Å². The molecule has 8 heteroatoms. The monoisotopic (exact) mass is 527 g/mol. The minimum Gasteiger partial charge on any atom is -0.293 e. The van der Waals surface area contributed by atoms with Crippen molar-refractivity contribution in [2.24, 2.45) is 10.5 Å². The lowest BCUT2D eigenvalue weighted by Gasteiger charge is -2.36. The van der Waals surface area contributed by atoms with Crippen molar-refractivity contribution in [3.05, 3.63) is 147 Å². The molecular formula is C32H21N3O5. The average molecular weight is 528 g/mol. The number of fused-ring (bicyclic) bond motifs is 5. The highest BCUT2D eigenvalue weighted by molar-refractivity contribution is 6.31. The van der Waals surface area contributed by atoms with E-state index in [0.29, 0.717) is 16.7 Å². The van der Waals surface area contributed by atoms with E-state index >= 15 is 0 Å². The maximum absolute atomic E-state index is 14.7. The normalized spacial score (nSPS) is 21.7. The molecule has 1 spiro atoms. The van der Waals surface area contributed by atoms with Gasteiger partial charge in [-0.3, -0.25) is 29.5 Å². The summed E-state index contributed by atoms with van der Waals surface area (Å²) in [4.78, 5) is 55.0. The van der Waals surface area contributed by atoms with Crippen molar-refractivity contribution < 1.29 is 19.3 Å².